The molecule has 3 amide bonds. The fourth-order valence-electron chi connectivity index (χ4n) is 3.48. The molecule has 1 saturated carbocycles. The number of hydrogen-bond donors (Lipinski definition) is 1. The molecule has 0 aromatic heterocycles. The number of benzene rings is 1. The smallest absolute Gasteiger partial charge is 0.407 e. The molecule has 0 atom stereocenters. The summed E-state index contributed by atoms with van der Waals surface area (Å²) in [6.45, 7) is 0.278. The second-order valence-electron chi connectivity index (χ2n) is 6.08. The third kappa shape index (κ3) is 2.93. The van der Waals surface area contributed by atoms with Crippen LogP contribution in [-0.2, 0) is 0 Å². The molecule has 2 aliphatic rings. The Hall–Kier alpha value is -2.37. The molecule has 1 N–H and O–H groups in total. The van der Waals surface area contributed by atoms with Crippen LogP contribution in [0, 0.1) is 0 Å². The maximum atomic E-state index is 12.3. The van der Waals surface area contributed by atoms with Crippen LogP contribution >= 0.6 is 0 Å². The third-order valence-electron chi connectivity index (χ3n) is 4.70. The average Bonchev–Trinajstić information content (AvgIpc) is 2.81. The van der Waals surface area contributed by atoms with E-state index in [1.807, 2.05) is 0 Å². The number of amides is 3. The van der Waals surface area contributed by atoms with Gasteiger partial charge < -0.3 is 10.0 Å². The lowest BCUT2D eigenvalue weighted by Gasteiger charge is -2.33. The molecule has 122 valence electrons. The highest BCUT2D eigenvalue weighted by atomic mass is 16.4. The maximum Gasteiger partial charge on any atom is 0.407 e. The molecule has 0 unspecified atom stereocenters. The number of fused-ring (bicyclic) bond motifs is 1. The van der Waals surface area contributed by atoms with Crippen LogP contribution in [0.15, 0.2) is 24.3 Å². The summed E-state index contributed by atoms with van der Waals surface area (Å²) in [4.78, 5) is 38.7. The Morgan fingerprint density at radius 1 is 1.09 bits per heavy atom. The molecule has 1 aliphatic carbocycles. The van der Waals surface area contributed by atoms with Crippen molar-refractivity contribution in [3.05, 3.63) is 35.4 Å². The van der Waals surface area contributed by atoms with Crippen molar-refractivity contribution in [2.45, 2.75) is 38.1 Å². The van der Waals surface area contributed by atoms with Gasteiger partial charge in [-0.15, -0.1) is 0 Å². The van der Waals surface area contributed by atoms with Crippen molar-refractivity contribution in [3.8, 4) is 0 Å². The Balaban J connectivity index is 1.68. The van der Waals surface area contributed by atoms with Gasteiger partial charge in [-0.1, -0.05) is 31.4 Å². The number of carbonyl (C=O) groups excluding carboxylic acids is 2. The van der Waals surface area contributed by atoms with Gasteiger partial charge in [0.25, 0.3) is 11.8 Å². The van der Waals surface area contributed by atoms with Gasteiger partial charge in [-0.25, -0.2) is 4.79 Å². The van der Waals surface area contributed by atoms with Crippen LogP contribution in [0.2, 0.25) is 0 Å². The first-order valence-electron chi connectivity index (χ1n) is 8.04. The fourth-order valence-corrected chi connectivity index (χ4v) is 3.48. The van der Waals surface area contributed by atoms with E-state index in [0.29, 0.717) is 11.1 Å². The fraction of sp³-hybridized carbons (Fsp3) is 0.471. The predicted molar refractivity (Wildman–Crippen MR) is 83.4 cm³/mol. The first kappa shape index (κ1) is 15.5. The molecule has 1 aromatic rings. The second-order valence-corrected chi connectivity index (χ2v) is 6.08. The largest absolute Gasteiger partial charge is 0.465 e. The standard InChI is InChI=1S/C17H20N2O4/c20-15-13-8-4-5-9-14(13)16(21)19(15)11-10-18(17(22)23)12-6-2-1-3-7-12/h4-5,8-9,12H,1-3,6-7,10-11H2,(H,22,23). The average molecular weight is 316 g/mol. The summed E-state index contributed by atoms with van der Waals surface area (Å²) in [6, 6.07) is 6.70. The van der Waals surface area contributed by atoms with Crippen molar-refractivity contribution in [1.29, 1.82) is 0 Å². The van der Waals surface area contributed by atoms with Gasteiger partial charge in [-0.2, -0.15) is 0 Å². The van der Waals surface area contributed by atoms with E-state index in [0.717, 1.165) is 37.0 Å². The number of carboxylic acid groups (broad SMARTS) is 1. The molecule has 23 heavy (non-hydrogen) atoms. The van der Waals surface area contributed by atoms with Crippen LogP contribution in [0.3, 0.4) is 0 Å². The van der Waals surface area contributed by atoms with Gasteiger partial charge in [-0.05, 0) is 25.0 Å². The SMILES string of the molecule is O=C1c2ccccc2C(=O)N1CCN(C(=O)O)C1CCCCC1. The van der Waals surface area contributed by atoms with E-state index in [-0.39, 0.29) is 30.9 Å². The number of imide groups is 1. The van der Waals surface area contributed by atoms with E-state index >= 15 is 0 Å². The van der Waals surface area contributed by atoms with E-state index in [1.54, 1.807) is 24.3 Å². The van der Waals surface area contributed by atoms with Crippen LogP contribution in [0.25, 0.3) is 0 Å². The van der Waals surface area contributed by atoms with Gasteiger partial charge in [0.15, 0.2) is 0 Å². The van der Waals surface area contributed by atoms with Crippen LogP contribution in [-0.4, -0.2) is 51.9 Å². The van der Waals surface area contributed by atoms with Gasteiger partial charge in [0.05, 0.1) is 11.1 Å². The molecule has 1 aliphatic heterocycles. The highest BCUT2D eigenvalue weighted by Gasteiger charge is 2.36. The number of carbonyl (C=O) groups is 3. The first-order valence-corrected chi connectivity index (χ1v) is 8.04. The summed E-state index contributed by atoms with van der Waals surface area (Å²) in [5.74, 6) is -0.667. The quantitative estimate of drug-likeness (QED) is 0.866. The normalized spacial score (nSPS) is 18.2. The van der Waals surface area contributed by atoms with Gasteiger partial charge in [0.1, 0.15) is 0 Å². The molecule has 6 heteroatoms. The Kier molecular flexibility index (Phi) is 4.32. The summed E-state index contributed by atoms with van der Waals surface area (Å²) in [5.41, 5.74) is 0.800. The molecule has 0 radical (unpaired) electrons. The summed E-state index contributed by atoms with van der Waals surface area (Å²) >= 11 is 0. The highest BCUT2D eigenvalue weighted by molar-refractivity contribution is 6.21. The van der Waals surface area contributed by atoms with Gasteiger partial charge in [0.2, 0.25) is 0 Å². The van der Waals surface area contributed by atoms with Crippen LogP contribution in [0.1, 0.15) is 52.8 Å². The number of rotatable bonds is 4. The highest BCUT2D eigenvalue weighted by Crippen LogP contribution is 2.25. The molecule has 1 heterocycles. The molecular weight excluding hydrogens is 296 g/mol. The van der Waals surface area contributed by atoms with Crippen LogP contribution in [0.5, 0.6) is 0 Å². The Morgan fingerprint density at radius 2 is 1.65 bits per heavy atom. The zero-order chi connectivity index (χ0) is 16.4. The van der Waals surface area contributed by atoms with Gasteiger partial charge in [0, 0.05) is 19.1 Å². The molecular formula is C17H20N2O4. The zero-order valence-corrected chi connectivity index (χ0v) is 12.9. The topological polar surface area (TPSA) is 77.9 Å². The molecule has 6 nitrogen and oxygen atoms in total. The Bertz CT molecular complexity index is 602. The molecule has 0 bridgehead atoms. The predicted octanol–water partition coefficient (Wildman–Crippen LogP) is 2.60. The summed E-state index contributed by atoms with van der Waals surface area (Å²) in [5, 5.41) is 9.44. The number of hydrogen-bond acceptors (Lipinski definition) is 3. The van der Waals surface area contributed by atoms with E-state index in [9.17, 15) is 19.5 Å². The maximum absolute atomic E-state index is 12.3. The van der Waals surface area contributed by atoms with E-state index in [4.69, 9.17) is 0 Å². The zero-order valence-electron chi connectivity index (χ0n) is 12.9. The van der Waals surface area contributed by atoms with Crippen molar-refractivity contribution >= 4 is 17.9 Å². The van der Waals surface area contributed by atoms with Crippen LogP contribution < -0.4 is 0 Å². The minimum atomic E-state index is -0.978. The van der Waals surface area contributed by atoms with Crippen LogP contribution in [0.4, 0.5) is 4.79 Å². The monoisotopic (exact) mass is 316 g/mol. The van der Waals surface area contributed by atoms with E-state index in [2.05, 4.69) is 0 Å². The van der Waals surface area contributed by atoms with E-state index in [1.165, 1.54) is 4.90 Å². The lowest BCUT2D eigenvalue weighted by atomic mass is 9.94. The number of nitrogens with zero attached hydrogens (tertiary/aromatic N) is 2. The molecule has 0 saturated heterocycles. The van der Waals surface area contributed by atoms with Gasteiger partial charge >= 0.3 is 6.09 Å². The second kappa shape index (κ2) is 6.40. The summed E-state index contributed by atoms with van der Waals surface area (Å²) in [7, 11) is 0. The van der Waals surface area contributed by atoms with Gasteiger partial charge in [-0.3, -0.25) is 14.5 Å². The first-order chi connectivity index (χ1) is 11.1. The summed E-state index contributed by atoms with van der Waals surface area (Å²) < 4.78 is 0. The molecule has 1 fully saturated rings. The Morgan fingerprint density at radius 3 is 2.17 bits per heavy atom. The van der Waals surface area contributed by atoms with E-state index < -0.39 is 6.09 Å². The van der Waals surface area contributed by atoms with Crippen molar-refractivity contribution in [3.63, 3.8) is 0 Å². The summed E-state index contributed by atoms with van der Waals surface area (Å²) in [6.07, 6.45) is 3.93. The lowest BCUT2D eigenvalue weighted by Crippen LogP contribution is -2.46. The minimum Gasteiger partial charge on any atom is -0.465 e. The lowest BCUT2D eigenvalue weighted by molar-refractivity contribution is 0.0604. The third-order valence-corrected chi connectivity index (χ3v) is 4.70. The molecule has 1 aromatic carbocycles. The van der Waals surface area contributed by atoms with Crippen molar-refractivity contribution in [1.82, 2.24) is 9.80 Å². The van der Waals surface area contributed by atoms with Crippen molar-refractivity contribution in [2.75, 3.05) is 13.1 Å². The molecule has 3 rings (SSSR count). The molecule has 0 spiro atoms. The van der Waals surface area contributed by atoms with Crippen molar-refractivity contribution < 1.29 is 19.5 Å². The Labute approximate surface area is 134 Å². The minimum absolute atomic E-state index is 0.00330. The van der Waals surface area contributed by atoms with Crippen molar-refractivity contribution in [2.24, 2.45) is 0 Å².